The van der Waals surface area contributed by atoms with Crippen LogP contribution in [0.15, 0.2) is 29.6 Å². The zero-order valence-electron chi connectivity index (χ0n) is 19.4. The first kappa shape index (κ1) is 23.8. The van der Waals surface area contributed by atoms with Crippen molar-refractivity contribution in [2.75, 3.05) is 32.8 Å². The monoisotopic (exact) mass is 444 g/mol. The Kier molecular flexibility index (Phi) is 8.14. The van der Waals surface area contributed by atoms with E-state index < -0.39 is 6.10 Å². The molecule has 0 fully saturated rings. The van der Waals surface area contributed by atoms with Gasteiger partial charge < -0.3 is 14.7 Å². The molecule has 1 aromatic carbocycles. The van der Waals surface area contributed by atoms with Crippen LogP contribution < -0.4 is 4.74 Å². The molecule has 5 nitrogen and oxygen atoms in total. The van der Waals surface area contributed by atoms with Crippen LogP contribution in [-0.4, -0.2) is 59.7 Å². The second-order valence-corrected chi connectivity index (χ2v) is 10.2. The number of nitrogens with zero attached hydrogens (tertiary/aromatic N) is 2. The minimum atomic E-state index is -0.458. The highest BCUT2D eigenvalue weighted by atomic mass is 32.1. The maximum atomic E-state index is 13.4. The number of hydrogen-bond acceptors (Lipinski definition) is 5. The van der Waals surface area contributed by atoms with Crippen LogP contribution in [0.5, 0.6) is 5.75 Å². The van der Waals surface area contributed by atoms with Crippen molar-refractivity contribution in [1.29, 1.82) is 0 Å². The Morgan fingerprint density at radius 2 is 2.03 bits per heavy atom. The van der Waals surface area contributed by atoms with Crippen molar-refractivity contribution in [3.8, 4) is 5.75 Å². The van der Waals surface area contributed by atoms with Gasteiger partial charge in [0.25, 0.3) is 0 Å². The maximum absolute atomic E-state index is 13.4. The van der Waals surface area contributed by atoms with Gasteiger partial charge in [0.05, 0.1) is 18.7 Å². The van der Waals surface area contributed by atoms with E-state index in [0.717, 1.165) is 24.3 Å². The minimum absolute atomic E-state index is 0.0874. The van der Waals surface area contributed by atoms with E-state index in [1.807, 2.05) is 11.0 Å². The van der Waals surface area contributed by atoms with E-state index in [2.05, 4.69) is 56.2 Å². The standard InChI is InChI=1S/C25H36N2O3S/c1-17(2)13-26(14-20(5)28)15-25(29)27-10-8-24-21(9-11-31-24)22(27)16-30-23-7-6-18(3)12-19(23)4/h6-7,9,11-12,17,20,22,28H,8,10,13-16H2,1-5H3. The summed E-state index contributed by atoms with van der Waals surface area (Å²) in [6.07, 6.45) is 0.430. The fraction of sp³-hybridized carbons (Fsp3) is 0.560. The summed E-state index contributed by atoms with van der Waals surface area (Å²) < 4.78 is 6.23. The van der Waals surface area contributed by atoms with Gasteiger partial charge in [-0.05, 0) is 61.7 Å². The molecule has 1 amide bonds. The second-order valence-electron chi connectivity index (χ2n) is 9.17. The molecule has 2 heterocycles. The van der Waals surface area contributed by atoms with Crippen molar-refractivity contribution in [3.05, 3.63) is 51.2 Å². The molecule has 1 N–H and O–H groups in total. The van der Waals surface area contributed by atoms with Gasteiger partial charge in [0.2, 0.25) is 5.91 Å². The zero-order chi connectivity index (χ0) is 22.5. The van der Waals surface area contributed by atoms with E-state index in [9.17, 15) is 9.90 Å². The molecule has 1 aliphatic rings. The number of ether oxygens (including phenoxy) is 1. The van der Waals surface area contributed by atoms with Crippen molar-refractivity contribution in [1.82, 2.24) is 9.80 Å². The van der Waals surface area contributed by atoms with Gasteiger partial charge in [-0.15, -0.1) is 11.3 Å². The van der Waals surface area contributed by atoms with E-state index in [0.29, 0.717) is 32.2 Å². The minimum Gasteiger partial charge on any atom is -0.491 e. The smallest absolute Gasteiger partial charge is 0.237 e. The van der Waals surface area contributed by atoms with E-state index in [-0.39, 0.29) is 11.9 Å². The third-order valence-electron chi connectivity index (χ3n) is 5.65. The largest absolute Gasteiger partial charge is 0.491 e. The van der Waals surface area contributed by atoms with Crippen LogP contribution in [-0.2, 0) is 11.2 Å². The van der Waals surface area contributed by atoms with E-state index in [4.69, 9.17) is 4.74 Å². The Bertz CT molecular complexity index is 867. The molecule has 0 spiro atoms. The first-order valence-corrected chi connectivity index (χ1v) is 12.1. The summed E-state index contributed by atoms with van der Waals surface area (Å²) in [5, 5.41) is 12.0. The Morgan fingerprint density at radius 3 is 2.71 bits per heavy atom. The van der Waals surface area contributed by atoms with Crippen molar-refractivity contribution in [3.63, 3.8) is 0 Å². The molecule has 3 rings (SSSR count). The Morgan fingerprint density at radius 1 is 1.26 bits per heavy atom. The lowest BCUT2D eigenvalue weighted by molar-refractivity contribution is -0.136. The molecule has 0 radical (unpaired) electrons. The number of aryl methyl sites for hydroxylation is 2. The van der Waals surface area contributed by atoms with Gasteiger partial charge in [-0.1, -0.05) is 31.5 Å². The van der Waals surface area contributed by atoms with Crippen LogP contribution in [0.1, 0.15) is 48.4 Å². The molecule has 6 heteroatoms. The summed E-state index contributed by atoms with van der Waals surface area (Å²) >= 11 is 1.76. The van der Waals surface area contributed by atoms with E-state index >= 15 is 0 Å². The lowest BCUT2D eigenvalue weighted by atomic mass is 10.00. The number of fused-ring (bicyclic) bond motifs is 1. The van der Waals surface area contributed by atoms with Gasteiger partial charge in [-0.3, -0.25) is 9.69 Å². The molecule has 170 valence electrons. The molecule has 0 aliphatic carbocycles. The number of carbonyl (C=O) groups excluding carboxylic acids is 1. The number of benzene rings is 1. The number of aliphatic hydroxyl groups is 1. The van der Waals surface area contributed by atoms with E-state index in [1.165, 1.54) is 16.0 Å². The maximum Gasteiger partial charge on any atom is 0.237 e. The zero-order valence-corrected chi connectivity index (χ0v) is 20.2. The van der Waals surface area contributed by atoms with E-state index in [1.54, 1.807) is 18.3 Å². The molecular weight excluding hydrogens is 408 g/mol. The number of carbonyl (C=O) groups is 1. The molecule has 0 saturated heterocycles. The SMILES string of the molecule is Cc1ccc(OCC2c3ccsc3CCN2C(=O)CN(CC(C)C)CC(C)O)c(C)c1. The lowest BCUT2D eigenvalue weighted by Crippen LogP contribution is -2.48. The third-order valence-corrected chi connectivity index (χ3v) is 6.64. The molecule has 1 aliphatic heterocycles. The average molecular weight is 445 g/mol. The number of thiophene rings is 1. The molecule has 1 aromatic heterocycles. The highest BCUT2D eigenvalue weighted by Crippen LogP contribution is 2.34. The normalized spacial score (nSPS) is 17.2. The van der Waals surface area contributed by atoms with Crippen LogP contribution in [0.25, 0.3) is 0 Å². The number of amides is 1. The number of rotatable bonds is 9. The second kappa shape index (κ2) is 10.6. The van der Waals surface area contributed by atoms with Crippen molar-refractivity contribution < 1.29 is 14.6 Å². The van der Waals surface area contributed by atoms with Gasteiger partial charge in [0.1, 0.15) is 12.4 Å². The van der Waals surface area contributed by atoms with Crippen molar-refractivity contribution in [2.45, 2.75) is 53.2 Å². The first-order valence-electron chi connectivity index (χ1n) is 11.2. The molecule has 2 aromatic rings. The number of hydrogen-bond donors (Lipinski definition) is 1. The summed E-state index contributed by atoms with van der Waals surface area (Å²) in [7, 11) is 0. The summed E-state index contributed by atoms with van der Waals surface area (Å²) in [5.41, 5.74) is 3.53. The third kappa shape index (κ3) is 6.31. The predicted molar refractivity (Wildman–Crippen MR) is 127 cm³/mol. The molecule has 2 unspecified atom stereocenters. The van der Waals surface area contributed by atoms with Crippen LogP contribution in [0.4, 0.5) is 0 Å². The van der Waals surface area contributed by atoms with Gasteiger partial charge in [-0.25, -0.2) is 0 Å². The predicted octanol–water partition coefficient (Wildman–Crippen LogP) is 4.21. The summed E-state index contributed by atoms with van der Waals surface area (Å²) in [4.78, 5) is 18.8. The Hall–Kier alpha value is -1.89. The van der Waals surface area contributed by atoms with Crippen molar-refractivity contribution in [2.24, 2.45) is 5.92 Å². The number of aliphatic hydroxyl groups excluding tert-OH is 1. The molecule has 0 saturated carbocycles. The molecule has 2 atom stereocenters. The van der Waals surface area contributed by atoms with Crippen LogP contribution in [0.2, 0.25) is 0 Å². The van der Waals surface area contributed by atoms with Crippen LogP contribution in [0, 0.1) is 19.8 Å². The van der Waals surface area contributed by atoms with Gasteiger partial charge >= 0.3 is 0 Å². The highest BCUT2D eigenvalue weighted by Gasteiger charge is 2.33. The highest BCUT2D eigenvalue weighted by molar-refractivity contribution is 7.10. The van der Waals surface area contributed by atoms with Crippen LogP contribution in [0.3, 0.4) is 0 Å². The first-order chi connectivity index (χ1) is 14.7. The topological polar surface area (TPSA) is 53.0 Å². The fourth-order valence-electron chi connectivity index (χ4n) is 4.38. The van der Waals surface area contributed by atoms with Gasteiger partial charge in [-0.2, -0.15) is 0 Å². The summed E-state index contributed by atoms with van der Waals surface area (Å²) in [6.45, 7) is 12.9. The fourth-order valence-corrected chi connectivity index (χ4v) is 5.31. The quantitative estimate of drug-likeness (QED) is 0.630. The van der Waals surface area contributed by atoms with Gasteiger partial charge in [0, 0.05) is 24.5 Å². The lowest BCUT2D eigenvalue weighted by Gasteiger charge is -2.37. The molecular formula is C25H36N2O3S. The Labute approximate surface area is 190 Å². The Balaban J connectivity index is 1.76. The molecule has 0 bridgehead atoms. The summed E-state index contributed by atoms with van der Waals surface area (Å²) in [5.74, 6) is 1.41. The molecule has 31 heavy (non-hydrogen) atoms. The van der Waals surface area contributed by atoms with Gasteiger partial charge in [0.15, 0.2) is 0 Å². The van der Waals surface area contributed by atoms with Crippen LogP contribution >= 0.6 is 11.3 Å². The van der Waals surface area contributed by atoms with Crippen molar-refractivity contribution >= 4 is 17.2 Å². The average Bonchev–Trinajstić information content (AvgIpc) is 3.15. The summed E-state index contributed by atoms with van der Waals surface area (Å²) in [6, 6.07) is 8.24.